The highest BCUT2D eigenvalue weighted by Gasteiger charge is 2.32. The Balaban J connectivity index is 1.13. The monoisotopic (exact) mass is 473 g/mol. The van der Waals surface area contributed by atoms with Crippen molar-refractivity contribution in [2.45, 2.75) is 37.9 Å². The van der Waals surface area contributed by atoms with E-state index in [2.05, 4.69) is 21.6 Å². The highest BCUT2D eigenvalue weighted by Crippen LogP contribution is 2.37. The molecule has 1 saturated carbocycles. The number of hydrogen-bond acceptors (Lipinski definition) is 4. The lowest BCUT2D eigenvalue weighted by Crippen LogP contribution is -2.43. The van der Waals surface area contributed by atoms with Crippen molar-refractivity contribution < 1.29 is 4.79 Å². The van der Waals surface area contributed by atoms with Crippen LogP contribution in [0, 0.1) is 0 Å². The van der Waals surface area contributed by atoms with Crippen LogP contribution in [0.4, 0.5) is 0 Å². The molecule has 0 bridgehead atoms. The average Bonchev–Trinajstić information content (AvgIpc) is 3.27. The fourth-order valence-corrected chi connectivity index (χ4v) is 4.41. The first-order valence-corrected chi connectivity index (χ1v) is 11.6. The summed E-state index contributed by atoms with van der Waals surface area (Å²) in [6, 6.07) is 21.1. The lowest BCUT2D eigenvalue weighted by molar-refractivity contribution is 0.0903. The van der Waals surface area contributed by atoms with Gasteiger partial charge >= 0.3 is 0 Å². The van der Waals surface area contributed by atoms with Crippen molar-refractivity contribution in [2.24, 2.45) is 0 Å². The summed E-state index contributed by atoms with van der Waals surface area (Å²) in [5.41, 5.74) is 3.54. The molecule has 4 aromatic rings. The lowest BCUT2D eigenvalue weighted by Gasteiger charge is -2.36. The van der Waals surface area contributed by atoms with Crippen molar-refractivity contribution in [3.8, 4) is 0 Å². The molecule has 0 radical (unpaired) electrons. The van der Waals surface area contributed by atoms with Crippen LogP contribution >= 0.6 is 11.6 Å². The minimum Gasteiger partial charge on any atom is -0.348 e. The van der Waals surface area contributed by atoms with Crippen LogP contribution in [-0.2, 0) is 13.1 Å². The molecule has 1 aliphatic rings. The summed E-state index contributed by atoms with van der Waals surface area (Å²) < 4.78 is 1.66. The van der Waals surface area contributed by atoms with Gasteiger partial charge in [0.05, 0.1) is 19.3 Å². The van der Waals surface area contributed by atoms with E-state index in [0.29, 0.717) is 24.7 Å². The molecular formula is C26H24ClN5O2. The zero-order valence-corrected chi connectivity index (χ0v) is 19.2. The summed E-state index contributed by atoms with van der Waals surface area (Å²) in [6.07, 6.45) is 5.06. The molecule has 5 rings (SSSR count). The van der Waals surface area contributed by atoms with Crippen molar-refractivity contribution in [3.63, 3.8) is 0 Å². The maximum atomic E-state index is 12.6. The number of rotatable bonds is 7. The van der Waals surface area contributed by atoms with Crippen LogP contribution in [-0.4, -0.2) is 31.5 Å². The number of halogens is 1. The second-order valence-corrected chi connectivity index (χ2v) is 9.07. The predicted octanol–water partition coefficient (Wildman–Crippen LogP) is 3.87. The number of pyridine rings is 1. The number of nitrogens with zero attached hydrogens (tertiary/aromatic N) is 4. The van der Waals surface area contributed by atoms with Crippen molar-refractivity contribution in [1.82, 2.24) is 24.9 Å². The van der Waals surface area contributed by atoms with E-state index >= 15 is 0 Å². The van der Waals surface area contributed by atoms with Gasteiger partial charge in [0, 0.05) is 23.3 Å². The molecule has 1 amide bonds. The second-order valence-electron chi connectivity index (χ2n) is 8.64. The molecule has 7 nitrogen and oxygen atoms in total. The van der Waals surface area contributed by atoms with Crippen molar-refractivity contribution in [3.05, 3.63) is 117 Å². The van der Waals surface area contributed by atoms with E-state index in [1.807, 2.05) is 48.5 Å². The van der Waals surface area contributed by atoms with Gasteiger partial charge in [-0.05, 0) is 53.6 Å². The minimum atomic E-state index is -0.204. The quantitative estimate of drug-likeness (QED) is 0.442. The summed E-state index contributed by atoms with van der Waals surface area (Å²) in [5, 5.41) is 12.4. The van der Waals surface area contributed by atoms with E-state index in [0.717, 1.165) is 29.0 Å². The van der Waals surface area contributed by atoms with Gasteiger partial charge in [0.15, 0.2) is 5.69 Å². The van der Waals surface area contributed by atoms with Crippen molar-refractivity contribution in [1.29, 1.82) is 0 Å². The van der Waals surface area contributed by atoms with Crippen LogP contribution in [0.5, 0.6) is 0 Å². The fourth-order valence-electron chi connectivity index (χ4n) is 4.21. The molecule has 2 heterocycles. The van der Waals surface area contributed by atoms with E-state index < -0.39 is 0 Å². The van der Waals surface area contributed by atoms with Crippen LogP contribution in [0.25, 0.3) is 0 Å². The molecule has 1 fully saturated rings. The predicted molar refractivity (Wildman–Crippen MR) is 130 cm³/mol. The topological polar surface area (TPSA) is 81.8 Å². The smallest absolute Gasteiger partial charge is 0.273 e. The maximum absolute atomic E-state index is 12.6. The Bertz CT molecular complexity index is 1360. The first-order chi connectivity index (χ1) is 16.5. The Labute approximate surface area is 202 Å². The van der Waals surface area contributed by atoms with Gasteiger partial charge in [-0.3, -0.25) is 9.59 Å². The minimum absolute atomic E-state index is 0.0278. The normalized spacial score (nSPS) is 17.2. The van der Waals surface area contributed by atoms with Crippen molar-refractivity contribution in [2.75, 3.05) is 0 Å². The first kappa shape index (κ1) is 22.1. The number of nitrogens with one attached hydrogen (secondary N) is 1. The second kappa shape index (κ2) is 9.65. The maximum Gasteiger partial charge on any atom is 0.273 e. The van der Waals surface area contributed by atoms with Crippen LogP contribution < -0.4 is 10.9 Å². The van der Waals surface area contributed by atoms with E-state index in [9.17, 15) is 9.59 Å². The van der Waals surface area contributed by atoms with Gasteiger partial charge in [-0.25, -0.2) is 0 Å². The molecule has 2 aromatic heterocycles. The Morgan fingerprint density at radius 3 is 2.50 bits per heavy atom. The van der Waals surface area contributed by atoms with Gasteiger partial charge in [-0.1, -0.05) is 54.1 Å². The number of benzene rings is 2. The zero-order chi connectivity index (χ0) is 23.5. The molecule has 0 atom stereocenters. The summed E-state index contributed by atoms with van der Waals surface area (Å²) >= 11 is 6.08. The molecule has 0 aliphatic heterocycles. The number of carbonyl (C=O) groups excluding carboxylic acids is 1. The molecule has 0 unspecified atom stereocenters. The van der Waals surface area contributed by atoms with Gasteiger partial charge in [-0.2, -0.15) is 9.90 Å². The molecule has 0 spiro atoms. The Kier molecular flexibility index (Phi) is 6.27. The largest absolute Gasteiger partial charge is 0.348 e. The molecule has 8 heteroatoms. The van der Waals surface area contributed by atoms with Crippen LogP contribution in [0.15, 0.2) is 83.9 Å². The van der Waals surface area contributed by atoms with Crippen LogP contribution in [0.2, 0.25) is 5.02 Å². The first-order valence-electron chi connectivity index (χ1n) is 11.2. The molecule has 2 aromatic carbocycles. The summed E-state index contributed by atoms with van der Waals surface area (Å²) in [5.74, 6) is 0.215. The number of amides is 1. The Hall–Kier alpha value is -3.71. The van der Waals surface area contributed by atoms with Gasteiger partial charge in [0.2, 0.25) is 0 Å². The van der Waals surface area contributed by atoms with Crippen molar-refractivity contribution >= 4 is 17.5 Å². The lowest BCUT2D eigenvalue weighted by atomic mass is 9.76. The third-order valence-corrected chi connectivity index (χ3v) is 6.40. The average molecular weight is 474 g/mol. The van der Waals surface area contributed by atoms with Gasteiger partial charge < -0.3 is 9.88 Å². The Morgan fingerprint density at radius 2 is 1.76 bits per heavy atom. The SMILES string of the molecule is O=C(N[C@H]1C[C@@H](c2cccc(Cl)c2)C1)c1cnn(Cc2ccc(Cn3ccccc3=O)cc2)n1. The van der Waals surface area contributed by atoms with Crippen LogP contribution in [0.3, 0.4) is 0 Å². The number of carbonyl (C=O) groups is 1. The molecule has 1 aliphatic carbocycles. The Morgan fingerprint density at radius 1 is 1.00 bits per heavy atom. The molecule has 172 valence electrons. The summed E-state index contributed by atoms with van der Waals surface area (Å²) in [7, 11) is 0. The fraction of sp³-hybridized carbons (Fsp3) is 0.231. The highest BCUT2D eigenvalue weighted by molar-refractivity contribution is 6.30. The number of aromatic nitrogens is 4. The third kappa shape index (κ3) is 5.10. The van der Waals surface area contributed by atoms with E-state index in [1.54, 1.807) is 22.9 Å². The molecule has 0 saturated heterocycles. The van der Waals surface area contributed by atoms with E-state index in [1.165, 1.54) is 16.6 Å². The third-order valence-electron chi connectivity index (χ3n) is 6.16. The molecule has 1 N–H and O–H groups in total. The number of hydrogen-bond donors (Lipinski definition) is 1. The van der Waals surface area contributed by atoms with Gasteiger partial charge in [-0.15, -0.1) is 5.10 Å². The van der Waals surface area contributed by atoms with Gasteiger partial charge in [0.25, 0.3) is 11.5 Å². The zero-order valence-electron chi connectivity index (χ0n) is 18.5. The molecular weight excluding hydrogens is 450 g/mol. The van der Waals surface area contributed by atoms with Gasteiger partial charge in [0.1, 0.15) is 0 Å². The van der Waals surface area contributed by atoms with E-state index in [-0.39, 0.29) is 17.5 Å². The standard InChI is InChI=1S/C26H24ClN5O2/c27-22-5-3-4-20(12-22)21-13-23(14-21)29-26(34)24-15-28-32(30-24)17-19-9-7-18(8-10-19)16-31-11-2-1-6-25(31)33/h1-12,15,21,23H,13-14,16-17H2,(H,29,34)/t21-,23+. The summed E-state index contributed by atoms with van der Waals surface area (Å²) in [6.45, 7) is 0.975. The van der Waals surface area contributed by atoms with Crippen LogP contribution in [0.1, 0.15) is 45.9 Å². The summed E-state index contributed by atoms with van der Waals surface area (Å²) in [4.78, 5) is 26.0. The van der Waals surface area contributed by atoms with E-state index in [4.69, 9.17) is 11.6 Å². The molecule has 34 heavy (non-hydrogen) atoms. The highest BCUT2D eigenvalue weighted by atomic mass is 35.5.